The van der Waals surface area contributed by atoms with Gasteiger partial charge in [0.2, 0.25) is 0 Å². The van der Waals surface area contributed by atoms with Crippen LogP contribution in [-0.4, -0.2) is 12.0 Å². The number of hydrogen-bond donors (Lipinski definition) is 1. The predicted molar refractivity (Wildman–Crippen MR) is 92.5 cm³/mol. The molecule has 0 saturated carbocycles. The molecular weight excluding hydrogens is 420 g/mol. The molecule has 1 aromatic heterocycles. The van der Waals surface area contributed by atoms with E-state index in [2.05, 4.69) is 0 Å². The van der Waals surface area contributed by atoms with Gasteiger partial charge in [0.25, 0.3) is 5.91 Å². The second kappa shape index (κ2) is 7.73. The average Bonchev–Trinajstić information content (AvgIpc) is 2.66. The van der Waals surface area contributed by atoms with Crippen LogP contribution in [0, 0.1) is 17.5 Å². The summed E-state index contributed by atoms with van der Waals surface area (Å²) >= 11 is 0. The molecule has 1 atom stereocenters. The minimum atomic E-state index is -4.79. The minimum absolute atomic E-state index is 0.126. The van der Waals surface area contributed by atoms with Gasteiger partial charge in [0.1, 0.15) is 11.3 Å². The van der Waals surface area contributed by atoms with Crippen LogP contribution < -0.4 is 15.7 Å². The lowest BCUT2D eigenvalue weighted by Gasteiger charge is -2.16. The molecule has 1 amide bonds. The summed E-state index contributed by atoms with van der Waals surface area (Å²) in [7, 11) is 0. The third kappa shape index (κ3) is 4.24. The molecule has 30 heavy (non-hydrogen) atoms. The van der Waals surface area contributed by atoms with Gasteiger partial charge in [-0.05, 0) is 31.2 Å². The Kier molecular flexibility index (Phi) is 5.47. The van der Waals surface area contributed by atoms with Gasteiger partial charge in [-0.25, -0.2) is 18.0 Å². The van der Waals surface area contributed by atoms with Crippen molar-refractivity contribution in [2.24, 2.45) is 0 Å². The van der Waals surface area contributed by atoms with E-state index in [0.717, 1.165) is 24.3 Å². The Balaban J connectivity index is 1.83. The second-order valence-corrected chi connectivity index (χ2v) is 6.11. The molecule has 3 aromatic rings. The Labute approximate surface area is 163 Å². The van der Waals surface area contributed by atoms with Gasteiger partial charge in [0, 0.05) is 17.5 Å². The molecule has 0 saturated heterocycles. The van der Waals surface area contributed by atoms with E-state index in [-0.39, 0.29) is 5.75 Å². The SMILES string of the molecule is C[C@@H](Oc1ccc2c(C(F)(F)F)cc(=O)oc2c1)C(=O)Nc1ccc(F)c(F)c1F. The van der Waals surface area contributed by atoms with Crippen LogP contribution in [0.2, 0.25) is 0 Å². The Morgan fingerprint density at radius 2 is 1.77 bits per heavy atom. The molecule has 3 rings (SSSR count). The van der Waals surface area contributed by atoms with Crippen LogP contribution in [0.3, 0.4) is 0 Å². The Morgan fingerprint density at radius 3 is 2.43 bits per heavy atom. The van der Waals surface area contributed by atoms with Crippen LogP contribution in [-0.2, 0) is 11.0 Å². The van der Waals surface area contributed by atoms with Gasteiger partial charge in [0.15, 0.2) is 23.6 Å². The van der Waals surface area contributed by atoms with Gasteiger partial charge in [-0.2, -0.15) is 13.2 Å². The highest BCUT2D eigenvalue weighted by Gasteiger charge is 2.34. The highest BCUT2D eigenvalue weighted by atomic mass is 19.4. The fourth-order valence-electron chi connectivity index (χ4n) is 2.57. The van der Waals surface area contributed by atoms with E-state index < -0.39 is 63.5 Å². The van der Waals surface area contributed by atoms with E-state index in [0.29, 0.717) is 12.1 Å². The molecule has 5 nitrogen and oxygen atoms in total. The second-order valence-electron chi connectivity index (χ2n) is 6.11. The minimum Gasteiger partial charge on any atom is -0.481 e. The summed E-state index contributed by atoms with van der Waals surface area (Å²) < 4.78 is 89.0. The van der Waals surface area contributed by atoms with Crippen molar-refractivity contribution in [1.29, 1.82) is 0 Å². The number of benzene rings is 2. The topological polar surface area (TPSA) is 68.5 Å². The van der Waals surface area contributed by atoms with Crippen LogP contribution >= 0.6 is 0 Å². The van der Waals surface area contributed by atoms with Crippen LogP contribution in [0.15, 0.2) is 45.6 Å². The first-order valence-electron chi connectivity index (χ1n) is 8.23. The van der Waals surface area contributed by atoms with Crippen molar-refractivity contribution in [3.63, 3.8) is 0 Å². The number of carbonyl (C=O) groups excluding carboxylic acids is 1. The van der Waals surface area contributed by atoms with Crippen molar-refractivity contribution in [2.45, 2.75) is 19.2 Å². The van der Waals surface area contributed by atoms with E-state index in [1.165, 1.54) is 6.92 Å². The van der Waals surface area contributed by atoms with Crippen molar-refractivity contribution in [1.82, 2.24) is 0 Å². The molecule has 0 unspecified atom stereocenters. The number of halogens is 6. The monoisotopic (exact) mass is 431 g/mol. The van der Waals surface area contributed by atoms with Gasteiger partial charge in [0.05, 0.1) is 11.3 Å². The highest BCUT2D eigenvalue weighted by Crippen LogP contribution is 2.35. The van der Waals surface area contributed by atoms with Gasteiger partial charge in [-0.3, -0.25) is 4.79 Å². The zero-order valence-corrected chi connectivity index (χ0v) is 14.9. The van der Waals surface area contributed by atoms with Gasteiger partial charge in [-0.1, -0.05) is 0 Å². The van der Waals surface area contributed by atoms with Gasteiger partial charge >= 0.3 is 11.8 Å². The Bertz CT molecular complexity index is 1190. The molecule has 1 heterocycles. The number of amides is 1. The summed E-state index contributed by atoms with van der Waals surface area (Å²) in [5.41, 5.74) is -3.48. The lowest BCUT2D eigenvalue weighted by molar-refractivity contribution is -0.136. The fourth-order valence-corrected chi connectivity index (χ4v) is 2.57. The summed E-state index contributed by atoms with van der Waals surface area (Å²) in [6, 6.07) is 4.82. The molecule has 0 fully saturated rings. The zero-order chi connectivity index (χ0) is 22.2. The lowest BCUT2D eigenvalue weighted by Crippen LogP contribution is -2.30. The number of anilines is 1. The summed E-state index contributed by atoms with van der Waals surface area (Å²) in [5.74, 6) is -5.90. The summed E-state index contributed by atoms with van der Waals surface area (Å²) in [5, 5.41) is 1.61. The molecule has 1 N–H and O–H groups in total. The summed E-state index contributed by atoms with van der Waals surface area (Å²) in [6.07, 6.45) is -6.12. The van der Waals surface area contributed by atoms with Crippen molar-refractivity contribution in [3.8, 4) is 5.75 Å². The van der Waals surface area contributed by atoms with Crippen molar-refractivity contribution < 1.29 is 40.3 Å². The van der Waals surface area contributed by atoms with Crippen LogP contribution in [0.4, 0.5) is 32.0 Å². The van der Waals surface area contributed by atoms with Crippen LogP contribution in [0.1, 0.15) is 12.5 Å². The average molecular weight is 431 g/mol. The first-order chi connectivity index (χ1) is 14.0. The maximum atomic E-state index is 13.7. The zero-order valence-electron chi connectivity index (χ0n) is 14.9. The van der Waals surface area contributed by atoms with E-state index in [1.807, 2.05) is 5.32 Å². The number of ether oxygens (including phenoxy) is 1. The molecule has 0 radical (unpaired) electrons. The van der Waals surface area contributed by atoms with Crippen molar-refractivity contribution in [3.05, 3.63) is 69.8 Å². The van der Waals surface area contributed by atoms with Crippen molar-refractivity contribution >= 4 is 22.6 Å². The summed E-state index contributed by atoms with van der Waals surface area (Å²) in [6.45, 7) is 1.22. The third-order valence-electron chi connectivity index (χ3n) is 4.00. The first-order valence-corrected chi connectivity index (χ1v) is 8.23. The molecule has 0 aliphatic heterocycles. The van der Waals surface area contributed by atoms with E-state index in [9.17, 15) is 35.9 Å². The number of hydrogen-bond acceptors (Lipinski definition) is 4. The highest BCUT2D eigenvalue weighted by molar-refractivity contribution is 5.94. The largest absolute Gasteiger partial charge is 0.481 e. The molecule has 2 aromatic carbocycles. The number of carbonyl (C=O) groups is 1. The van der Waals surface area contributed by atoms with E-state index in [4.69, 9.17) is 9.15 Å². The number of fused-ring (bicyclic) bond motifs is 1. The molecule has 0 aliphatic rings. The smallest absolute Gasteiger partial charge is 0.417 e. The third-order valence-corrected chi connectivity index (χ3v) is 4.00. The Hall–Kier alpha value is -3.50. The quantitative estimate of drug-likeness (QED) is 0.372. The Morgan fingerprint density at radius 1 is 1.07 bits per heavy atom. The fraction of sp³-hybridized carbons (Fsp3) is 0.158. The first kappa shape index (κ1) is 21.2. The van der Waals surface area contributed by atoms with Crippen LogP contribution in [0.25, 0.3) is 11.0 Å². The van der Waals surface area contributed by atoms with Gasteiger partial charge < -0.3 is 14.5 Å². The predicted octanol–water partition coefficient (Wildman–Crippen LogP) is 4.64. The summed E-state index contributed by atoms with van der Waals surface area (Å²) in [4.78, 5) is 23.5. The molecule has 0 aliphatic carbocycles. The van der Waals surface area contributed by atoms with E-state index in [1.54, 1.807) is 0 Å². The van der Waals surface area contributed by atoms with Crippen molar-refractivity contribution in [2.75, 3.05) is 5.32 Å². The van der Waals surface area contributed by atoms with Gasteiger partial charge in [-0.15, -0.1) is 0 Å². The van der Waals surface area contributed by atoms with E-state index >= 15 is 0 Å². The number of nitrogens with one attached hydrogen (secondary N) is 1. The normalized spacial score (nSPS) is 12.6. The standard InChI is InChI=1S/C19H11F6NO4/c1-8(18(28)26-13-5-4-12(20)16(21)17(13)22)29-9-2-3-10-11(19(23,24)25)7-15(27)30-14(10)6-9/h2-8H,1H3,(H,26,28)/t8-/m1/s1. The maximum absolute atomic E-state index is 13.7. The molecular formula is C19H11F6NO4. The molecule has 158 valence electrons. The molecule has 11 heteroatoms. The number of alkyl halides is 3. The molecule has 0 spiro atoms. The van der Waals surface area contributed by atoms with Crippen LogP contribution in [0.5, 0.6) is 5.75 Å². The lowest BCUT2D eigenvalue weighted by atomic mass is 10.1. The maximum Gasteiger partial charge on any atom is 0.417 e. The number of rotatable bonds is 4. The molecule has 0 bridgehead atoms.